The molecule has 6 nitrogen and oxygen atoms in total. The highest BCUT2D eigenvalue weighted by Gasteiger charge is 2.20. The van der Waals surface area contributed by atoms with Gasteiger partial charge in [-0.25, -0.2) is 0 Å². The van der Waals surface area contributed by atoms with E-state index in [4.69, 9.17) is 4.42 Å². The van der Waals surface area contributed by atoms with E-state index in [9.17, 15) is 9.59 Å². The number of hydrogen-bond donors (Lipinski definition) is 0. The van der Waals surface area contributed by atoms with E-state index in [1.165, 1.54) is 0 Å². The lowest BCUT2D eigenvalue weighted by molar-refractivity contribution is 0.0794. The molecule has 0 aliphatic rings. The van der Waals surface area contributed by atoms with E-state index in [0.717, 1.165) is 35.4 Å². The van der Waals surface area contributed by atoms with Crippen molar-refractivity contribution >= 4 is 16.9 Å². The molecule has 186 valence electrons. The Hall–Kier alpha value is -4.45. The Bertz CT molecular complexity index is 1620. The molecule has 3 aromatic carbocycles. The molecule has 0 N–H and O–H groups in total. The van der Waals surface area contributed by atoms with Crippen LogP contribution in [0, 0.1) is 6.92 Å². The zero-order chi connectivity index (χ0) is 25.9. The number of hydrogen-bond acceptors (Lipinski definition) is 4. The molecule has 2 aromatic heterocycles. The second-order valence-electron chi connectivity index (χ2n) is 9.27. The first-order chi connectivity index (χ1) is 17.9. The molecule has 0 aliphatic heterocycles. The molecule has 0 fully saturated rings. The fourth-order valence-corrected chi connectivity index (χ4v) is 4.68. The van der Waals surface area contributed by atoms with E-state index >= 15 is 0 Å². The average molecular weight is 492 g/mol. The standard InChI is InChI=1S/C31H29N3O3/c1-21-28(35)25-17-10-18-26(30(25)37-29(21)23-14-8-5-9-15-23)31(36)33(2)19-11-16-24-20-27(34(3)32-24)22-12-6-4-7-13-22/h4-10,12-15,17-18,20H,11,16,19H2,1-3H3. The van der Waals surface area contributed by atoms with E-state index in [-0.39, 0.29) is 11.3 Å². The first kappa shape index (κ1) is 24.3. The second kappa shape index (κ2) is 10.3. The van der Waals surface area contributed by atoms with Gasteiger partial charge in [0.15, 0.2) is 11.0 Å². The van der Waals surface area contributed by atoms with Gasteiger partial charge in [0.2, 0.25) is 0 Å². The van der Waals surface area contributed by atoms with Gasteiger partial charge in [-0.3, -0.25) is 14.3 Å². The molecule has 0 spiro atoms. The number of aromatic nitrogens is 2. The van der Waals surface area contributed by atoms with Gasteiger partial charge in [-0.15, -0.1) is 0 Å². The van der Waals surface area contributed by atoms with Crippen molar-refractivity contribution in [3.63, 3.8) is 0 Å². The number of rotatable bonds is 7. The lowest BCUT2D eigenvalue weighted by atomic mass is 10.0. The number of nitrogens with zero attached hydrogens (tertiary/aromatic N) is 3. The fourth-order valence-electron chi connectivity index (χ4n) is 4.68. The van der Waals surface area contributed by atoms with Gasteiger partial charge >= 0.3 is 0 Å². The minimum Gasteiger partial charge on any atom is -0.455 e. The summed E-state index contributed by atoms with van der Waals surface area (Å²) < 4.78 is 8.13. The van der Waals surface area contributed by atoms with Crippen molar-refractivity contribution in [1.29, 1.82) is 0 Å². The zero-order valence-electron chi connectivity index (χ0n) is 21.3. The molecule has 5 rings (SSSR count). The maximum Gasteiger partial charge on any atom is 0.257 e. The van der Waals surface area contributed by atoms with Crippen LogP contribution in [0.15, 0.2) is 94.1 Å². The molecule has 0 unspecified atom stereocenters. The SMILES string of the molecule is Cc1c(-c2ccccc2)oc2c(C(=O)N(C)CCCc3cc(-c4ccccc4)n(C)n3)cccc2c1=O. The predicted octanol–water partition coefficient (Wildman–Crippen LogP) is 5.87. The van der Waals surface area contributed by atoms with Crippen molar-refractivity contribution in [2.75, 3.05) is 13.6 Å². The molecule has 0 bridgehead atoms. The van der Waals surface area contributed by atoms with Gasteiger partial charge in [0, 0.05) is 31.8 Å². The molecule has 0 saturated heterocycles. The Labute approximate surface area is 215 Å². The van der Waals surface area contributed by atoms with E-state index in [0.29, 0.717) is 34.4 Å². The van der Waals surface area contributed by atoms with Gasteiger partial charge in [0.25, 0.3) is 5.91 Å². The normalized spacial score (nSPS) is 11.1. The summed E-state index contributed by atoms with van der Waals surface area (Å²) in [4.78, 5) is 28.2. The van der Waals surface area contributed by atoms with Crippen LogP contribution in [-0.4, -0.2) is 34.2 Å². The molecule has 0 aliphatic carbocycles. The average Bonchev–Trinajstić information content (AvgIpc) is 3.31. The molecular weight excluding hydrogens is 462 g/mol. The van der Waals surface area contributed by atoms with Crippen LogP contribution in [0.2, 0.25) is 0 Å². The summed E-state index contributed by atoms with van der Waals surface area (Å²) >= 11 is 0. The van der Waals surface area contributed by atoms with Gasteiger partial charge < -0.3 is 9.32 Å². The number of fused-ring (bicyclic) bond motifs is 1. The summed E-state index contributed by atoms with van der Waals surface area (Å²) in [6.07, 6.45) is 1.51. The second-order valence-corrected chi connectivity index (χ2v) is 9.27. The topological polar surface area (TPSA) is 68.3 Å². The van der Waals surface area contributed by atoms with Crippen LogP contribution in [0.4, 0.5) is 0 Å². The largest absolute Gasteiger partial charge is 0.455 e. The van der Waals surface area contributed by atoms with Crippen molar-refractivity contribution in [2.45, 2.75) is 19.8 Å². The zero-order valence-corrected chi connectivity index (χ0v) is 21.3. The molecule has 37 heavy (non-hydrogen) atoms. The quantitative estimate of drug-likeness (QED) is 0.285. The Kier molecular flexibility index (Phi) is 6.73. The number of carbonyl (C=O) groups excluding carboxylic acids is 1. The molecule has 0 saturated carbocycles. The first-order valence-electron chi connectivity index (χ1n) is 12.4. The van der Waals surface area contributed by atoms with E-state index < -0.39 is 0 Å². The van der Waals surface area contributed by atoms with Crippen molar-refractivity contribution in [3.05, 3.63) is 112 Å². The Morgan fingerprint density at radius 1 is 0.946 bits per heavy atom. The third kappa shape index (κ3) is 4.83. The highest BCUT2D eigenvalue weighted by atomic mass is 16.3. The lowest BCUT2D eigenvalue weighted by Crippen LogP contribution is -2.28. The highest BCUT2D eigenvalue weighted by Crippen LogP contribution is 2.28. The minimum atomic E-state index is -0.178. The summed E-state index contributed by atoms with van der Waals surface area (Å²) in [5.41, 5.74) is 5.10. The number of amides is 1. The molecular formula is C31H29N3O3. The highest BCUT2D eigenvalue weighted by molar-refractivity contribution is 6.05. The maximum absolute atomic E-state index is 13.4. The number of para-hydroxylation sites is 1. The first-order valence-corrected chi connectivity index (χ1v) is 12.4. The summed E-state index contributed by atoms with van der Waals surface area (Å²) in [6, 6.07) is 26.9. The molecule has 1 amide bonds. The monoisotopic (exact) mass is 491 g/mol. The Morgan fingerprint density at radius 3 is 2.32 bits per heavy atom. The van der Waals surface area contributed by atoms with E-state index in [1.807, 2.05) is 60.3 Å². The summed E-state index contributed by atoms with van der Waals surface area (Å²) in [7, 11) is 3.72. The number of carbonyl (C=O) groups is 1. The van der Waals surface area contributed by atoms with Gasteiger partial charge in [0.1, 0.15) is 5.76 Å². The molecule has 6 heteroatoms. The number of aryl methyl sites for hydroxylation is 2. The van der Waals surface area contributed by atoms with Crippen LogP contribution in [0.5, 0.6) is 0 Å². The van der Waals surface area contributed by atoms with E-state index in [2.05, 4.69) is 23.3 Å². The summed E-state index contributed by atoms with van der Waals surface area (Å²) in [6.45, 7) is 2.31. The predicted molar refractivity (Wildman–Crippen MR) is 147 cm³/mol. The Morgan fingerprint density at radius 2 is 1.62 bits per heavy atom. The molecule has 2 heterocycles. The van der Waals surface area contributed by atoms with Gasteiger partial charge in [0.05, 0.1) is 22.3 Å². The third-order valence-corrected chi connectivity index (χ3v) is 6.68. The smallest absolute Gasteiger partial charge is 0.257 e. The summed E-state index contributed by atoms with van der Waals surface area (Å²) in [5.74, 6) is 0.313. The summed E-state index contributed by atoms with van der Waals surface area (Å²) in [5, 5.41) is 5.06. The van der Waals surface area contributed by atoms with Crippen LogP contribution < -0.4 is 5.43 Å². The minimum absolute atomic E-state index is 0.123. The van der Waals surface area contributed by atoms with Crippen molar-refractivity contribution in [2.24, 2.45) is 7.05 Å². The van der Waals surface area contributed by atoms with Crippen molar-refractivity contribution < 1.29 is 9.21 Å². The van der Waals surface area contributed by atoms with Crippen LogP contribution in [0.3, 0.4) is 0 Å². The Balaban J connectivity index is 1.35. The van der Waals surface area contributed by atoms with Crippen LogP contribution in [0.25, 0.3) is 33.6 Å². The maximum atomic E-state index is 13.4. The lowest BCUT2D eigenvalue weighted by Gasteiger charge is -2.18. The van der Waals surface area contributed by atoms with Gasteiger partial charge in [-0.05, 0) is 43.5 Å². The third-order valence-electron chi connectivity index (χ3n) is 6.68. The van der Waals surface area contributed by atoms with Gasteiger partial charge in [-0.2, -0.15) is 5.10 Å². The molecule has 5 aromatic rings. The van der Waals surface area contributed by atoms with Crippen LogP contribution >= 0.6 is 0 Å². The van der Waals surface area contributed by atoms with Crippen LogP contribution in [-0.2, 0) is 13.5 Å². The number of benzene rings is 3. The fraction of sp³-hybridized carbons (Fsp3) is 0.194. The molecule has 0 atom stereocenters. The van der Waals surface area contributed by atoms with E-state index in [1.54, 1.807) is 37.1 Å². The van der Waals surface area contributed by atoms with Crippen LogP contribution in [0.1, 0.15) is 28.0 Å². The molecule has 0 radical (unpaired) electrons. The van der Waals surface area contributed by atoms with Crippen molar-refractivity contribution in [3.8, 4) is 22.6 Å². The van der Waals surface area contributed by atoms with Gasteiger partial charge in [-0.1, -0.05) is 66.7 Å². The van der Waals surface area contributed by atoms with Crippen molar-refractivity contribution in [1.82, 2.24) is 14.7 Å².